The van der Waals surface area contributed by atoms with E-state index >= 15 is 0 Å². The zero-order valence-corrected chi connectivity index (χ0v) is 9.07. The molecule has 0 aliphatic heterocycles. The van der Waals surface area contributed by atoms with Crippen LogP contribution in [0.4, 0.5) is 0 Å². The van der Waals surface area contributed by atoms with Crippen molar-refractivity contribution >= 4 is 0 Å². The molecule has 0 fully saturated rings. The van der Waals surface area contributed by atoms with Crippen molar-refractivity contribution in [2.45, 2.75) is 38.8 Å². The van der Waals surface area contributed by atoms with Gasteiger partial charge < -0.3 is 10.8 Å². The average molecular weight is 193 g/mol. The van der Waals surface area contributed by atoms with Gasteiger partial charge in [0.25, 0.3) is 0 Å². The van der Waals surface area contributed by atoms with E-state index in [0.29, 0.717) is 5.92 Å². The zero-order valence-electron chi connectivity index (χ0n) is 9.07. The summed E-state index contributed by atoms with van der Waals surface area (Å²) in [5.74, 6) is 0.496. The Kier molecular flexibility index (Phi) is 3.67. The van der Waals surface area contributed by atoms with E-state index in [1.54, 1.807) is 6.92 Å². The van der Waals surface area contributed by atoms with Crippen LogP contribution in [0.2, 0.25) is 0 Å². The van der Waals surface area contributed by atoms with Gasteiger partial charge in [-0.3, -0.25) is 0 Å². The SMILES string of the molecule is CC(C)c1cccc([C@H](N)[C@H](C)O)c1. The monoisotopic (exact) mass is 193 g/mol. The second-order valence-corrected chi connectivity index (χ2v) is 4.09. The Morgan fingerprint density at radius 1 is 1.14 bits per heavy atom. The van der Waals surface area contributed by atoms with Crippen molar-refractivity contribution < 1.29 is 5.11 Å². The van der Waals surface area contributed by atoms with Gasteiger partial charge in [-0.25, -0.2) is 0 Å². The predicted octanol–water partition coefficient (Wildman–Crippen LogP) is 2.19. The van der Waals surface area contributed by atoms with Crippen LogP contribution in [-0.4, -0.2) is 11.2 Å². The van der Waals surface area contributed by atoms with Gasteiger partial charge in [-0.15, -0.1) is 0 Å². The maximum absolute atomic E-state index is 9.38. The van der Waals surface area contributed by atoms with Crippen LogP contribution in [0.25, 0.3) is 0 Å². The first kappa shape index (κ1) is 11.2. The number of hydrogen-bond donors (Lipinski definition) is 2. The molecule has 0 aromatic heterocycles. The maximum Gasteiger partial charge on any atom is 0.0704 e. The first-order valence-electron chi connectivity index (χ1n) is 5.06. The van der Waals surface area contributed by atoms with Crippen LogP contribution >= 0.6 is 0 Å². The lowest BCUT2D eigenvalue weighted by Crippen LogP contribution is -2.23. The molecule has 0 spiro atoms. The highest BCUT2D eigenvalue weighted by Crippen LogP contribution is 2.20. The fraction of sp³-hybridized carbons (Fsp3) is 0.500. The predicted molar refractivity (Wildman–Crippen MR) is 59.1 cm³/mol. The van der Waals surface area contributed by atoms with Gasteiger partial charge in [0.05, 0.1) is 12.1 Å². The van der Waals surface area contributed by atoms with Crippen molar-refractivity contribution in [2.24, 2.45) is 5.73 Å². The van der Waals surface area contributed by atoms with Crippen molar-refractivity contribution in [2.75, 3.05) is 0 Å². The second kappa shape index (κ2) is 4.58. The normalized spacial score (nSPS) is 15.6. The van der Waals surface area contributed by atoms with Gasteiger partial charge in [-0.1, -0.05) is 38.1 Å². The molecule has 78 valence electrons. The Hall–Kier alpha value is -0.860. The third-order valence-corrected chi connectivity index (χ3v) is 2.48. The lowest BCUT2D eigenvalue weighted by atomic mass is 9.96. The van der Waals surface area contributed by atoms with Crippen LogP contribution < -0.4 is 5.73 Å². The minimum atomic E-state index is -0.502. The van der Waals surface area contributed by atoms with Crippen molar-refractivity contribution in [1.82, 2.24) is 0 Å². The average Bonchev–Trinajstić information content (AvgIpc) is 2.16. The standard InChI is InChI=1S/C12H19NO/c1-8(2)10-5-4-6-11(7-10)12(13)9(3)14/h4-9,12,14H,13H2,1-3H3/t9-,12+/m0/s1. The summed E-state index contributed by atoms with van der Waals surface area (Å²) in [6.45, 7) is 6.01. The van der Waals surface area contributed by atoms with E-state index in [-0.39, 0.29) is 6.04 Å². The molecular formula is C12H19NO. The third kappa shape index (κ3) is 2.56. The molecule has 0 aliphatic rings. The molecule has 3 N–H and O–H groups in total. The first-order chi connectivity index (χ1) is 6.52. The Morgan fingerprint density at radius 2 is 1.71 bits per heavy atom. The Balaban J connectivity index is 2.93. The molecule has 1 rings (SSSR count). The lowest BCUT2D eigenvalue weighted by Gasteiger charge is -2.16. The maximum atomic E-state index is 9.38. The number of benzene rings is 1. The summed E-state index contributed by atoms with van der Waals surface area (Å²) in [6.07, 6.45) is -0.502. The Labute approximate surface area is 85.8 Å². The fourth-order valence-electron chi connectivity index (χ4n) is 1.40. The highest BCUT2D eigenvalue weighted by molar-refractivity contribution is 5.28. The smallest absolute Gasteiger partial charge is 0.0704 e. The molecule has 0 saturated carbocycles. The van der Waals surface area contributed by atoms with Gasteiger partial charge in [0.15, 0.2) is 0 Å². The van der Waals surface area contributed by atoms with Gasteiger partial charge in [-0.05, 0) is 24.0 Å². The molecule has 2 heteroatoms. The Morgan fingerprint density at radius 3 is 2.21 bits per heavy atom. The highest BCUT2D eigenvalue weighted by Gasteiger charge is 2.12. The van der Waals surface area contributed by atoms with E-state index in [9.17, 15) is 5.11 Å². The van der Waals surface area contributed by atoms with E-state index < -0.39 is 6.10 Å². The van der Waals surface area contributed by atoms with E-state index in [2.05, 4.69) is 26.0 Å². The molecule has 0 radical (unpaired) electrons. The first-order valence-corrected chi connectivity index (χ1v) is 5.06. The van der Waals surface area contributed by atoms with Crippen LogP contribution in [0.1, 0.15) is 43.9 Å². The Bertz CT molecular complexity index is 294. The summed E-state index contributed by atoms with van der Waals surface area (Å²) in [5, 5.41) is 9.38. The minimum absolute atomic E-state index is 0.284. The third-order valence-electron chi connectivity index (χ3n) is 2.48. The van der Waals surface area contributed by atoms with Crippen LogP contribution in [0.15, 0.2) is 24.3 Å². The van der Waals surface area contributed by atoms with Crippen LogP contribution in [0.5, 0.6) is 0 Å². The molecule has 0 bridgehead atoms. The number of hydrogen-bond acceptors (Lipinski definition) is 2. The quantitative estimate of drug-likeness (QED) is 0.773. The van der Waals surface area contributed by atoms with Crippen LogP contribution in [0, 0.1) is 0 Å². The number of rotatable bonds is 3. The molecule has 0 unspecified atom stereocenters. The molecule has 14 heavy (non-hydrogen) atoms. The second-order valence-electron chi connectivity index (χ2n) is 4.09. The summed E-state index contributed by atoms with van der Waals surface area (Å²) in [7, 11) is 0. The molecule has 2 nitrogen and oxygen atoms in total. The molecule has 0 saturated heterocycles. The topological polar surface area (TPSA) is 46.2 Å². The summed E-state index contributed by atoms with van der Waals surface area (Å²) < 4.78 is 0. The lowest BCUT2D eigenvalue weighted by molar-refractivity contribution is 0.164. The number of nitrogens with two attached hydrogens (primary N) is 1. The molecule has 0 heterocycles. The van der Waals surface area contributed by atoms with Gasteiger partial charge in [0.1, 0.15) is 0 Å². The van der Waals surface area contributed by atoms with Gasteiger partial charge >= 0.3 is 0 Å². The zero-order chi connectivity index (χ0) is 10.7. The van der Waals surface area contributed by atoms with E-state index in [1.807, 2.05) is 12.1 Å². The van der Waals surface area contributed by atoms with Crippen molar-refractivity contribution in [3.8, 4) is 0 Å². The summed E-state index contributed by atoms with van der Waals surface area (Å²) >= 11 is 0. The summed E-state index contributed by atoms with van der Waals surface area (Å²) in [5.41, 5.74) is 8.13. The number of aliphatic hydroxyl groups is 1. The van der Waals surface area contributed by atoms with Gasteiger partial charge in [-0.2, -0.15) is 0 Å². The molecular weight excluding hydrogens is 174 g/mol. The molecule has 1 aromatic rings. The van der Waals surface area contributed by atoms with Crippen molar-refractivity contribution in [1.29, 1.82) is 0 Å². The number of aliphatic hydroxyl groups excluding tert-OH is 1. The van der Waals surface area contributed by atoms with E-state index in [0.717, 1.165) is 5.56 Å². The molecule has 0 amide bonds. The van der Waals surface area contributed by atoms with Gasteiger partial charge in [0.2, 0.25) is 0 Å². The van der Waals surface area contributed by atoms with Gasteiger partial charge in [0, 0.05) is 0 Å². The minimum Gasteiger partial charge on any atom is -0.391 e. The largest absolute Gasteiger partial charge is 0.391 e. The van der Waals surface area contributed by atoms with Crippen molar-refractivity contribution in [3.05, 3.63) is 35.4 Å². The summed E-state index contributed by atoms with van der Waals surface area (Å²) in [6, 6.07) is 7.83. The van der Waals surface area contributed by atoms with E-state index in [4.69, 9.17) is 5.73 Å². The fourth-order valence-corrected chi connectivity index (χ4v) is 1.40. The van der Waals surface area contributed by atoms with Crippen LogP contribution in [-0.2, 0) is 0 Å². The molecule has 0 aliphatic carbocycles. The summed E-state index contributed by atoms with van der Waals surface area (Å²) in [4.78, 5) is 0. The molecule has 1 aromatic carbocycles. The van der Waals surface area contributed by atoms with Crippen molar-refractivity contribution in [3.63, 3.8) is 0 Å². The van der Waals surface area contributed by atoms with Crippen LogP contribution in [0.3, 0.4) is 0 Å². The highest BCUT2D eigenvalue weighted by atomic mass is 16.3. The molecule has 2 atom stereocenters. The van der Waals surface area contributed by atoms with E-state index in [1.165, 1.54) is 5.56 Å².